The van der Waals surface area contributed by atoms with E-state index < -0.39 is 5.97 Å². The number of hydrogen-bond acceptors (Lipinski definition) is 4. The standard InChI is InChI=1S/C19H15BrN2O3S/c1-2-9-25-16-8-7-12(10-13(16)20)11-17(18(23)24)26-19-21-14-5-3-4-6-15(14)22-19/h2-8,10-11H,1,9H2,(H,21,22)(H,23,24)/b17-11-. The Morgan fingerprint density at radius 2 is 2.15 bits per heavy atom. The highest BCUT2D eigenvalue weighted by Gasteiger charge is 2.13. The second kappa shape index (κ2) is 8.25. The van der Waals surface area contributed by atoms with Gasteiger partial charge in [0, 0.05) is 0 Å². The average Bonchev–Trinajstić information content (AvgIpc) is 3.03. The Morgan fingerprint density at radius 3 is 2.85 bits per heavy atom. The van der Waals surface area contributed by atoms with Crippen molar-refractivity contribution in [3.05, 3.63) is 70.1 Å². The van der Waals surface area contributed by atoms with Crippen molar-refractivity contribution in [3.8, 4) is 5.75 Å². The minimum atomic E-state index is -1.02. The predicted octanol–water partition coefficient (Wildman–Crippen LogP) is 5.11. The number of aromatic amines is 1. The summed E-state index contributed by atoms with van der Waals surface area (Å²) in [5, 5.41) is 10.1. The number of nitrogens with zero attached hydrogens (tertiary/aromatic N) is 1. The van der Waals surface area contributed by atoms with E-state index in [0.29, 0.717) is 17.5 Å². The molecule has 0 fully saturated rings. The van der Waals surface area contributed by atoms with Gasteiger partial charge >= 0.3 is 5.97 Å². The predicted molar refractivity (Wildman–Crippen MR) is 107 cm³/mol. The van der Waals surface area contributed by atoms with Gasteiger partial charge in [-0.25, -0.2) is 9.78 Å². The number of halogens is 1. The topological polar surface area (TPSA) is 75.2 Å². The van der Waals surface area contributed by atoms with Gasteiger partial charge in [-0.2, -0.15) is 0 Å². The number of thioether (sulfide) groups is 1. The molecule has 26 heavy (non-hydrogen) atoms. The van der Waals surface area contributed by atoms with Crippen LogP contribution in [0, 0.1) is 0 Å². The molecule has 0 aliphatic rings. The van der Waals surface area contributed by atoms with Crippen LogP contribution in [0.25, 0.3) is 17.1 Å². The van der Waals surface area contributed by atoms with Gasteiger partial charge in [0.15, 0.2) is 5.16 Å². The lowest BCUT2D eigenvalue weighted by molar-refractivity contribution is -0.131. The van der Waals surface area contributed by atoms with Gasteiger partial charge in [0.1, 0.15) is 17.3 Å². The highest BCUT2D eigenvalue weighted by Crippen LogP contribution is 2.31. The van der Waals surface area contributed by atoms with Crippen LogP contribution in [0.3, 0.4) is 0 Å². The number of H-pyrrole nitrogens is 1. The number of aromatic nitrogens is 2. The van der Waals surface area contributed by atoms with Gasteiger partial charge in [0.2, 0.25) is 0 Å². The Labute approximate surface area is 162 Å². The summed E-state index contributed by atoms with van der Waals surface area (Å²) in [6.45, 7) is 4.01. The molecule has 3 aromatic rings. The first-order chi connectivity index (χ1) is 12.6. The number of para-hydroxylation sites is 2. The van der Waals surface area contributed by atoms with Crippen LogP contribution in [0.15, 0.2) is 69.7 Å². The molecule has 0 bridgehead atoms. The van der Waals surface area contributed by atoms with Crippen LogP contribution in [0.5, 0.6) is 5.75 Å². The van der Waals surface area contributed by atoms with E-state index in [1.165, 1.54) is 0 Å². The second-order valence-corrected chi connectivity index (χ2v) is 7.15. The maximum Gasteiger partial charge on any atom is 0.342 e. The van der Waals surface area contributed by atoms with Crippen LogP contribution in [0.1, 0.15) is 5.56 Å². The molecule has 1 heterocycles. The molecule has 0 atom stereocenters. The van der Waals surface area contributed by atoms with Crippen molar-refractivity contribution in [2.45, 2.75) is 5.16 Å². The molecule has 0 aliphatic heterocycles. The van der Waals surface area contributed by atoms with E-state index >= 15 is 0 Å². The summed E-state index contributed by atoms with van der Waals surface area (Å²) in [5.74, 6) is -0.345. The zero-order valence-corrected chi connectivity index (χ0v) is 16.0. The minimum absolute atomic E-state index is 0.163. The number of imidazole rings is 1. The molecular formula is C19H15BrN2O3S. The lowest BCUT2D eigenvalue weighted by atomic mass is 10.2. The summed E-state index contributed by atoms with van der Waals surface area (Å²) in [4.78, 5) is 19.3. The number of benzene rings is 2. The molecule has 0 radical (unpaired) electrons. The van der Waals surface area contributed by atoms with E-state index in [0.717, 1.165) is 32.8 Å². The van der Waals surface area contributed by atoms with Crippen molar-refractivity contribution in [1.29, 1.82) is 0 Å². The van der Waals surface area contributed by atoms with E-state index in [1.54, 1.807) is 30.4 Å². The second-order valence-electron chi connectivity index (χ2n) is 5.26. The first kappa shape index (κ1) is 18.3. The Balaban J connectivity index is 1.86. The molecule has 0 amide bonds. The molecule has 132 valence electrons. The lowest BCUT2D eigenvalue weighted by Crippen LogP contribution is -1.97. The smallest absolute Gasteiger partial charge is 0.342 e. The van der Waals surface area contributed by atoms with Gasteiger partial charge in [0.05, 0.1) is 15.5 Å². The molecule has 0 unspecified atom stereocenters. The third-order valence-electron chi connectivity index (χ3n) is 3.40. The highest BCUT2D eigenvalue weighted by atomic mass is 79.9. The number of carboxylic acids is 1. The molecule has 0 saturated heterocycles. The van der Waals surface area contributed by atoms with Crippen molar-refractivity contribution in [3.63, 3.8) is 0 Å². The largest absolute Gasteiger partial charge is 0.488 e. The monoisotopic (exact) mass is 430 g/mol. The van der Waals surface area contributed by atoms with Crippen molar-refractivity contribution >= 4 is 50.8 Å². The molecule has 0 spiro atoms. The number of hydrogen-bond donors (Lipinski definition) is 2. The molecular weight excluding hydrogens is 416 g/mol. The molecule has 0 aliphatic carbocycles. The molecule has 7 heteroatoms. The van der Waals surface area contributed by atoms with Crippen molar-refractivity contribution in [1.82, 2.24) is 9.97 Å². The van der Waals surface area contributed by atoms with E-state index in [-0.39, 0.29) is 4.91 Å². The van der Waals surface area contributed by atoms with E-state index in [9.17, 15) is 9.90 Å². The third-order valence-corrected chi connectivity index (χ3v) is 4.91. The van der Waals surface area contributed by atoms with Gasteiger partial charge in [-0.05, 0) is 63.6 Å². The minimum Gasteiger partial charge on any atom is -0.488 e. The van der Waals surface area contributed by atoms with Crippen molar-refractivity contribution < 1.29 is 14.6 Å². The Morgan fingerprint density at radius 1 is 1.35 bits per heavy atom. The first-order valence-electron chi connectivity index (χ1n) is 7.67. The molecule has 1 aromatic heterocycles. The van der Waals surface area contributed by atoms with Gasteiger partial charge in [-0.1, -0.05) is 30.9 Å². The quantitative estimate of drug-likeness (QED) is 0.309. The molecule has 0 saturated carbocycles. The molecule has 5 nitrogen and oxygen atoms in total. The summed E-state index contributed by atoms with van der Waals surface area (Å²) >= 11 is 4.51. The van der Waals surface area contributed by atoms with Crippen molar-refractivity contribution in [2.75, 3.05) is 6.61 Å². The third kappa shape index (κ3) is 4.36. The SMILES string of the molecule is C=CCOc1ccc(/C=C(\Sc2nc3ccccc3[nH]2)C(=O)O)cc1Br. The fourth-order valence-corrected chi connectivity index (χ4v) is 3.55. The number of carbonyl (C=O) groups is 1. The maximum absolute atomic E-state index is 11.6. The number of aliphatic carboxylic acids is 1. The van der Waals surface area contributed by atoms with E-state index in [2.05, 4.69) is 32.5 Å². The van der Waals surface area contributed by atoms with Crippen LogP contribution in [-0.4, -0.2) is 27.7 Å². The van der Waals surface area contributed by atoms with Gasteiger partial charge in [-0.15, -0.1) is 0 Å². The average molecular weight is 431 g/mol. The zero-order valence-electron chi connectivity index (χ0n) is 13.6. The van der Waals surface area contributed by atoms with Crippen LogP contribution in [0.4, 0.5) is 0 Å². The van der Waals surface area contributed by atoms with Crippen LogP contribution >= 0.6 is 27.7 Å². The van der Waals surface area contributed by atoms with Gasteiger partial charge in [-0.3, -0.25) is 0 Å². The number of fused-ring (bicyclic) bond motifs is 1. The summed E-state index contributed by atoms with van der Waals surface area (Å²) in [6.07, 6.45) is 3.26. The summed E-state index contributed by atoms with van der Waals surface area (Å²) in [5.41, 5.74) is 2.40. The zero-order chi connectivity index (χ0) is 18.5. The first-order valence-corrected chi connectivity index (χ1v) is 9.28. The number of ether oxygens (including phenoxy) is 1. The normalized spacial score (nSPS) is 11.5. The van der Waals surface area contributed by atoms with E-state index in [1.807, 2.05) is 24.3 Å². The van der Waals surface area contributed by atoms with Crippen LogP contribution in [-0.2, 0) is 4.79 Å². The molecule has 3 rings (SSSR count). The molecule has 2 N–H and O–H groups in total. The summed E-state index contributed by atoms with van der Waals surface area (Å²) < 4.78 is 6.24. The fraction of sp³-hybridized carbons (Fsp3) is 0.0526. The Kier molecular flexibility index (Phi) is 5.80. The fourth-order valence-electron chi connectivity index (χ4n) is 2.24. The van der Waals surface area contributed by atoms with Crippen LogP contribution in [0.2, 0.25) is 0 Å². The highest BCUT2D eigenvalue weighted by molar-refractivity contribution is 9.10. The van der Waals surface area contributed by atoms with Crippen molar-refractivity contribution in [2.24, 2.45) is 0 Å². The Hall–Kier alpha value is -2.51. The number of rotatable bonds is 7. The number of carboxylic acid groups (broad SMARTS) is 1. The number of nitrogens with one attached hydrogen (secondary N) is 1. The molecule has 2 aromatic carbocycles. The Bertz CT molecular complexity index is 964. The van der Waals surface area contributed by atoms with E-state index in [4.69, 9.17) is 4.74 Å². The lowest BCUT2D eigenvalue weighted by Gasteiger charge is -2.07. The summed E-state index contributed by atoms with van der Waals surface area (Å²) in [7, 11) is 0. The van der Waals surface area contributed by atoms with Gasteiger partial charge in [0.25, 0.3) is 0 Å². The summed E-state index contributed by atoms with van der Waals surface area (Å²) in [6, 6.07) is 12.9. The van der Waals surface area contributed by atoms with Crippen LogP contribution < -0.4 is 4.74 Å². The maximum atomic E-state index is 11.6. The van der Waals surface area contributed by atoms with Gasteiger partial charge < -0.3 is 14.8 Å².